The molecule has 1 rings (SSSR count). The molecule has 0 aliphatic carbocycles. The predicted octanol–water partition coefficient (Wildman–Crippen LogP) is 2.10. The Hall–Kier alpha value is -1.04. The van der Waals surface area contributed by atoms with Crippen molar-refractivity contribution in [2.24, 2.45) is 5.73 Å². The zero-order valence-corrected chi connectivity index (χ0v) is 12.5. The summed E-state index contributed by atoms with van der Waals surface area (Å²) in [6.45, 7) is 4.83. The Labute approximate surface area is 120 Å². The van der Waals surface area contributed by atoms with Crippen molar-refractivity contribution in [3.63, 3.8) is 0 Å². The van der Waals surface area contributed by atoms with Crippen LogP contribution in [0, 0.1) is 0 Å². The highest BCUT2D eigenvalue weighted by Gasteiger charge is 2.22. The summed E-state index contributed by atoms with van der Waals surface area (Å²) in [6, 6.07) is 3.37. The number of furan rings is 1. The van der Waals surface area contributed by atoms with E-state index >= 15 is 0 Å². The van der Waals surface area contributed by atoms with Gasteiger partial charge in [0, 0.05) is 19.2 Å². The number of nitrogens with one attached hydrogen (secondary N) is 1. The van der Waals surface area contributed by atoms with Crippen molar-refractivity contribution < 1.29 is 13.9 Å². The predicted molar refractivity (Wildman–Crippen MR) is 76.5 cm³/mol. The lowest BCUT2D eigenvalue weighted by Crippen LogP contribution is -2.49. The van der Waals surface area contributed by atoms with Gasteiger partial charge in [0.1, 0.15) is 12.4 Å². The first-order valence-corrected chi connectivity index (χ1v) is 6.19. The minimum atomic E-state index is -0.350. The molecule has 0 atom stereocenters. The van der Waals surface area contributed by atoms with E-state index in [0.29, 0.717) is 18.9 Å². The molecule has 0 spiro atoms. The Morgan fingerprint density at radius 1 is 1.42 bits per heavy atom. The van der Waals surface area contributed by atoms with Crippen LogP contribution in [0.2, 0.25) is 0 Å². The fraction of sp³-hybridized carbons (Fsp3) is 0.615. The number of ether oxygens (including phenoxy) is 1. The molecule has 3 N–H and O–H groups in total. The molecule has 5 nitrogen and oxygen atoms in total. The van der Waals surface area contributed by atoms with E-state index in [1.165, 1.54) is 0 Å². The van der Waals surface area contributed by atoms with Crippen LogP contribution in [0.5, 0.6) is 0 Å². The number of methoxy groups -OCH3 is 1. The van der Waals surface area contributed by atoms with Gasteiger partial charge in [0.2, 0.25) is 0 Å². The first kappa shape index (κ1) is 18.0. The van der Waals surface area contributed by atoms with E-state index in [4.69, 9.17) is 14.9 Å². The molecule has 0 aliphatic heterocycles. The molecule has 0 aromatic carbocycles. The molecule has 110 valence electrons. The standard InChI is InChI=1S/C13H22N2O3.ClH/c1-4-13(14,5-2)9-15-12(16)11-7-6-10(18-11)8-17-3;/h6-7H,4-5,8-9,14H2,1-3H3,(H,15,16);1H. The van der Waals surface area contributed by atoms with Crippen molar-refractivity contribution in [3.8, 4) is 0 Å². The van der Waals surface area contributed by atoms with E-state index < -0.39 is 0 Å². The topological polar surface area (TPSA) is 77.5 Å². The smallest absolute Gasteiger partial charge is 0.287 e. The molecule has 1 aromatic rings. The van der Waals surface area contributed by atoms with Crippen molar-refractivity contribution in [2.45, 2.75) is 38.8 Å². The Morgan fingerprint density at radius 3 is 2.58 bits per heavy atom. The second-order valence-electron chi connectivity index (χ2n) is 4.45. The molecule has 0 bridgehead atoms. The molecule has 0 aliphatic rings. The zero-order chi connectivity index (χ0) is 13.6. The van der Waals surface area contributed by atoms with Gasteiger partial charge in [0.25, 0.3) is 5.91 Å². The Kier molecular flexibility index (Phi) is 7.75. The molecule has 1 aromatic heterocycles. The van der Waals surface area contributed by atoms with E-state index in [2.05, 4.69) is 5.32 Å². The average Bonchev–Trinajstić information content (AvgIpc) is 2.85. The minimum Gasteiger partial charge on any atom is -0.453 e. The van der Waals surface area contributed by atoms with Crippen molar-refractivity contribution in [2.75, 3.05) is 13.7 Å². The van der Waals surface area contributed by atoms with Gasteiger partial charge in [-0.15, -0.1) is 12.4 Å². The monoisotopic (exact) mass is 290 g/mol. The summed E-state index contributed by atoms with van der Waals surface area (Å²) in [5, 5.41) is 2.80. The first-order chi connectivity index (χ1) is 8.54. The Balaban J connectivity index is 0.00000324. The fourth-order valence-corrected chi connectivity index (χ4v) is 1.56. The van der Waals surface area contributed by atoms with Crippen LogP contribution in [0.1, 0.15) is 43.0 Å². The van der Waals surface area contributed by atoms with Gasteiger partial charge < -0.3 is 20.2 Å². The summed E-state index contributed by atoms with van der Waals surface area (Å²) in [4.78, 5) is 11.8. The van der Waals surface area contributed by atoms with Crippen LogP contribution in [0.4, 0.5) is 0 Å². The van der Waals surface area contributed by atoms with E-state index in [0.717, 1.165) is 12.8 Å². The Morgan fingerprint density at radius 2 is 2.05 bits per heavy atom. The maximum absolute atomic E-state index is 11.8. The van der Waals surface area contributed by atoms with Crippen LogP contribution in [0.3, 0.4) is 0 Å². The molecule has 0 saturated carbocycles. The van der Waals surface area contributed by atoms with Gasteiger partial charge >= 0.3 is 0 Å². The molecule has 0 saturated heterocycles. The number of carbonyl (C=O) groups excluding carboxylic acids is 1. The summed E-state index contributed by atoms with van der Waals surface area (Å²) in [7, 11) is 1.58. The second-order valence-corrected chi connectivity index (χ2v) is 4.45. The van der Waals surface area contributed by atoms with Gasteiger partial charge in [0.05, 0.1) is 0 Å². The maximum Gasteiger partial charge on any atom is 0.287 e. The van der Waals surface area contributed by atoms with Crippen LogP contribution in [-0.2, 0) is 11.3 Å². The van der Waals surface area contributed by atoms with Crippen molar-refractivity contribution in [1.82, 2.24) is 5.32 Å². The van der Waals surface area contributed by atoms with E-state index in [9.17, 15) is 4.79 Å². The van der Waals surface area contributed by atoms with Gasteiger partial charge in [-0.3, -0.25) is 4.79 Å². The number of amides is 1. The molecule has 0 radical (unpaired) electrons. The second kappa shape index (κ2) is 8.19. The lowest BCUT2D eigenvalue weighted by Gasteiger charge is -2.26. The van der Waals surface area contributed by atoms with Crippen LogP contribution in [0.25, 0.3) is 0 Å². The molecule has 1 amide bonds. The number of halogens is 1. The molecular formula is C13H23ClN2O3. The summed E-state index contributed by atoms with van der Waals surface area (Å²) in [5.74, 6) is 0.679. The largest absolute Gasteiger partial charge is 0.453 e. The highest BCUT2D eigenvalue weighted by molar-refractivity contribution is 5.91. The third kappa shape index (κ3) is 5.22. The van der Waals surface area contributed by atoms with Crippen LogP contribution in [-0.4, -0.2) is 25.1 Å². The molecular weight excluding hydrogens is 268 g/mol. The number of hydrogen-bond donors (Lipinski definition) is 2. The maximum atomic E-state index is 11.8. The normalized spacial score (nSPS) is 10.9. The quantitative estimate of drug-likeness (QED) is 0.806. The third-order valence-corrected chi connectivity index (χ3v) is 3.18. The number of carbonyl (C=O) groups is 1. The van der Waals surface area contributed by atoms with Crippen molar-refractivity contribution in [1.29, 1.82) is 0 Å². The Bertz CT molecular complexity index is 389. The number of nitrogens with two attached hydrogens (primary N) is 1. The first-order valence-electron chi connectivity index (χ1n) is 6.19. The van der Waals surface area contributed by atoms with Gasteiger partial charge in [0.15, 0.2) is 5.76 Å². The van der Waals surface area contributed by atoms with E-state index in [1.54, 1.807) is 19.2 Å². The number of hydrogen-bond acceptors (Lipinski definition) is 4. The molecule has 0 fully saturated rings. The molecule has 0 unspecified atom stereocenters. The highest BCUT2D eigenvalue weighted by Crippen LogP contribution is 2.11. The molecule has 6 heteroatoms. The van der Waals surface area contributed by atoms with Crippen LogP contribution in [0.15, 0.2) is 16.5 Å². The summed E-state index contributed by atoms with van der Waals surface area (Å²) >= 11 is 0. The van der Waals surface area contributed by atoms with Gasteiger partial charge in [-0.05, 0) is 25.0 Å². The number of rotatable bonds is 7. The van der Waals surface area contributed by atoms with Gasteiger partial charge in [-0.25, -0.2) is 0 Å². The third-order valence-electron chi connectivity index (χ3n) is 3.18. The molecule has 19 heavy (non-hydrogen) atoms. The minimum absolute atomic E-state index is 0. The van der Waals surface area contributed by atoms with E-state index in [-0.39, 0.29) is 29.6 Å². The summed E-state index contributed by atoms with van der Waals surface area (Å²) in [5.41, 5.74) is 5.76. The fourth-order valence-electron chi connectivity index (χ4n) is 1.56. The summed E-state index contributed by atoms with van der Waals surface area (Å²) < 4.78 is 10.3. The lowest BCUT2D eigenvalue weighted by atomic mass is 9.94. The van der Waals surface area contributed by atoms with Crippen molar-refractivity contribution in [3.05, 3.63) is 23.7 Å². The average molecular weight is 291 g/mol. The van der Waals surface area contributed by atoms with Gasteiger partial charge in [-0.1, -0.05) is 13.8 Å². The highest BCUT2D eigenvalue weighted by atomic mass is 35.5. The van der Waals surface area contributed by atoms with Crippen LogP contribution < -0.4 is 11.1 Å². The summed E-state index contributed by atoms with van der Waals surface area (Å²) in [6.07, 6.45) is 1.63. The van der Waals surface area contributed by atoms with E-state index in [1.807, 2.05) is 13.8 Å². The lowest BCUT2D eigenvalue weighted by molar-refractivity contribution is 0.0905. The zero-order valence-electron chi connectivity index (χ0n) is 11.7. The van der Waals surface area contributed by atoms with Crippen molar-refractivity contribution >= 4 is 18.3 Å². The van der Waals surface area contributed by atoms with Crippen LogP contribution >= 0.6 is 12.4 Å². The van der Waals surface area contributed by atoms with Gasteiger partial charge in [-0.2, -0.15) is 0 Å². The molecule has 1 heterocycles. The SMILES string of the molecule is CCC(N)(CC)CNC(=O)c1ccc(COC)o1.Cl.